The number of nitrogens with zero attached hydrogens (tertiary/aromatic N) is 2. The van der Waals surface area contributed by atoms with Crippen LogP contribution in [0.4, 0.5) is 0 Å². The van der Waals surface area contributed by atoms with Crippen molar-refractivity contribution in [3.8, 4) is 0 Å². The van der Waals surface area contributed by atoms with E-state index in [2.05, 4.69) is 45.3 Å². The second kappa shape index (κ2) is 6.35. The molecule has 1 fully saturated rings. The summed E-state index contributed by atoms with van der Waals surface area (Å²) in [5, 5.41) is 3.59. The molecule has 1 saturated heterocycles. The third kappa shape index (κ3) is 3.36. The number of aromatic nitrogens is 2. The number of hydrogen-bond donors (Lipinski definition) is 2. The Labute approximate surface area is 119 Å². The highest BCUT2D eigenvalue weighted by Gasteiger charge is 2.13. The molecule has 5 nitrogen and oxygen atoms in total. The van der Waals surface area contributed by atoms with E-state index in [1.54, 1.807) is 6.33 Å². The SMILES string of the molecule is CC(CN1CCOCC1)NCc1ccc2nc[nH]c2c1. The lowest BCUT2D eigenvalue weighted by atomic mass is 10.2. The van der Waals surface area contributed by atoms with Crippen LogP contribution in [-0.2, 0) is 11.3 Å². The second-order valence-electron chi connectivity index (χ2n) is 5.45. The summed E-state index contributed by atoms with van der Waals surface area (Å²) in [6.07, 6.45) is 1.74. The van der Waals surface area contributed by atoms with Gasteiger partial charge in [0.25, 0.3) is 0 Å². The number of nitrogens with one attached hydrogen (secondary N) is 2. The van der Waals surface area contributed by atoms with Crippen LogP contribution in [0, 0.1) is 0 Å². The number of H-pyrrole nitrogens is 1. The van der Waals surface area contributed by atoms with Gasteiger partial charge in [0.05, 0.1) is 30.6 Å². The summed E-state index contributed by atoms with van der Waals surface area (Å²) in [6, 6.07) is 6.84. The Bertz CT molecular complexity index is 548. The van der Waals surface area contributed by atoms with E-state index in [0.717, 1.165) is 50.4 Å². The van der Waals surface area contributed by atoms with Crippen molar-refractivity contribution in [3.05, 3.63) is 30.1 Å². The van der Waals surface area contributed by atoms with E-state index >= 15 is 0 Å². The normalized spacial score (nSPS) is 18.4. The van der Waals surface area contributed by atoms with Gasteiger partial charge in [-0.05, 0) is 24.6 Å². The van der Waals surface area contributed by atoms with Gasteiger partial charge in [-0.25, -0.2) is 4.98 Å². The van der Waals surface area contributed by atoms with Crippen LogP contribution in [-0.4, -0.2) is 53.8 Å². The van der Waals surface area contributed by atoms with Crippen molar-refractivity contribution < 1.29 is 4.74 Å². The van der Waals surface area contributed by atoms with E-state index < -0.39 is 0 Å². The van der Waals surface area contributed by atoms with E-state index in [-0.39, 0.29) is 0 Å². The molecule has 1 atom stereocenters. The van der Waals surface area contributed by atoms with Gasteiger partial charge in [0.15, 0.2) is 0 Å². The summed E-state index contributed by atoms with van der Waals surface area (Å²) in [7, 11) is 0. The first kappa shape index (κ1) is 13.5. The molecule has 2 N–H and O–H groups in total. The largest absolute Gasteiger partial charge is 0.379 e. The summed E-state index contributed by atoms with van der Waals surface area (Å²) in [6.45, 7) is 8.03. The summed E-state index contributed by atoms with van der Waals surface area (Å²) in [5.41, 5.74) is 3.41. The molecule has 3 rings (SSSR count). The quantitative estimate of drug-likeness (QED) is 0.865. The van der Waals surface area contributed by atoms with E-state index in [9.17, 15) is 0 Å². The monoisotopic (exact) mass is 274 g/mol. The molecule has 0 bridgehead atoms. The summed E-state index contributed by atoms with van der Waals surface area (Å²) >= 11 is 0. The molecular weight excluding hydrogens is 252 g/mol. The molecule has 0 spiro atoms. The molecule has 1 aromatic carbocycles. The smallest absolute Gasteiger partial charge is 0.0931 e. The minimum Gasteiger partial charge on any atom is -0.379 e. The minimum atomic E-state index is 0.477. The van der Waals surface area contributed by atoms with Crippen LogP contribution in [0.1, 0.15) is 12.5 Å². The lowest BCUT2D eigenvalue weighted by Gasteiger charge is -2.29. The van der Waals surface area contributed by atoms with Crippen LogP contribution in [0.15, 0.2) is 24.5 Å². The summed E-state index contributed by atoms with van der Waals surface area (Å²) in [5.74, 6) is 0. The van der Waals surface area contributed by atoms with Gasteiger partial charge in [-0.15, -0.1) is 0 Å². The molecule has 2 heterocycles. The predicted molar refractivity (Wildman–Crippen MR) is 79.7 cm³/mol. The lowest BCUT2D eigenvalue weighted by Crippen LogP contribution is -2.44. The first-order valence-corrected chi connectivity index (χ1v) is 7.27. The van der Waals surface area contributed by atoms with Crippen molar-refractivity contribution in [1.29, 1.82) is 0 Å². The maximum absolute atomic E-state index is 5.37. The highest BCUT2D eigenvalue weighted by molar-refractivity contribution is 5.74. The Balaban J connectivity index is 1.50. The van der Waals surface area contributed by atoms with Crippen molar-refractivity contribution >= 4 is 11.0 Å². The Morgan fingerprint density at radius 2 is 2.25 bits per heavy atom. The highest BCUT2D eigenvalue weighted by atomic mass is 16.5. The zero-order valence-corrected chi connectivity index (χ0v) is 11.9. The molecule has 0 radical (unpaired) electrons. The molecular formula is C15H22N4O. The molecule has 1 aromatic heterocycles. The number of benzene rings is 1. The Morgan fingerprint density at radius 3 is 3.10 bits per heavy atom. The van der Waals surface area contributed by atoms with Gasteiger partial charge in [0.2, 0.25) is 0 Å². The minimum absolute atomic E-state index is 0.477. The van der Waals surface area contributed by atoms with Crippen LogP contribution in [0.3, 0.4) is 0 Å². The number of aromatic amines is 1. The van der Waals surface area contributed by atoms with Crippen LogP contribution in [0.5, 0.6) is 0 Å². The number of morpholine rings is 1. The van der Waals surface area contributed by atoms with Crippen molar-refractivity contribution in [2.75, 3.05) is 32.8 Å². The molecule has 20 heavy (non-hydrogen) atoms. The van der Waals surface area contributed by atoms with Crippen LogP contribution in [0.2, 0.25) is 0 Å². The maximum Gasteiger partial charge on any atom is 0.0931 e. The number of fused-ring (bicyclic) bond motifs is 1. The fraction of sp³-hybridized carbons (Fsp3) is 0.533. The molecule has 1 unspecified atom stereocenters. The first-order valence-electron chi connectivity index (χ1n) is 7.27. The maximum atomic E-state index is 5.37. The standard InChI is InChI=1S/C15H22N4O/c1-12(10-19-4-6-20-7-5-19)16-9-13-2-3-14-15(8-13)18-11-17-14/h2-3,8,11-12,16H,4-7,9-10H2,1H3,(H,17,18). The van der Waals surface area contributed by atoms with Gasteiger partial charge in [0.1, 0.15) is 0 Å². The van der Waals surface area contributed by atoms with Crippen molar-refractivity contribution in [2.45, 2.75) is 19.5 Å². The van der Waals surface area contributed by atoms with Gasteiger partial charge in [0, 0.05) is 32.2 Å². The third-order valence-corrected chi connectivity index (χ3v) is 3.78. The van der Waals surface area contributed by atoms with E-state index in [4.69, 9.17) is 4.74 Å². The third-order valence-electron chi connectivity index (χ3n) is 3.78. The van der Waals surface area contributed by atoms with Crippen molar-refractivity contribution in [2.24, 2.45) is 0 Å². The summed E-state index contributed by atoms with van der Waals surface area (Å²) in [4.78, 5) is 9.85. The Hall–Kier alpha value is -1.43. The fourth-order valence-electron chi connectivity index (χ4n) is 2.62. The van der Waals surface area contributed by atoms with Gasteiger partial charge in [-0.3, -0.25) is 4.90 Å². The second-order valence-corrected chi connectivity index (χ2v) is 5.45. The highest BCUT2D eigenvalue weighted by Crippen LogP contribution is 2.11. The number of hydrogen-bond acceptors (Lipinski definition) is 4. The van der Waals surface area contributed by atoms with Crippen molar-refractivity contribution in [1.82, 2.24) is 20.2 Å². The van der Waals surface area contributed by atoms with Crippen LogP contribution >= 0.6 is 0 Å². The Morgan fingerprint density at radius 1 is 1.40 bits per heavy atom. The molecule has 0 amide bonds. The Kier molecular flexibility index (Phi) is 4.30. The van der Waals surface area contributed by atoms with Crippen LogP contribution < -0.4 is 5.32 Å². The number of rotatable bonds is 5. The predicted octanol–water partition coefficient (Wildman–Crippen LogP) is 1.37. The average Bonchev–Trinajstić information content (AvgIpc) is 2.93. The van der Waals surface area contributed by atoms with Gasteiger partial charge >= 0.3 is 0 Å². The molecule has 1 aliphatic heterocycles. The fourth-order valence-corrected chi connectivity index (χ4v) is 2.62. The molecule has 108 valence electrons. The van der Waals surface area contributed by atoms with Gasteiger partial charge < -0.3 is 15.0 Å². The topological polar surface area (TPSA) is 53.2 Å². The molecule has 5 heteroatoms. The molecule has 2 aromatic rings. The van der Waals surface area contributed by atoms with E-state index in [0.29, 0.717) is 6.04 Å². The first-order chi connectivity index (χ1) is 9.81. The molecule has 0 aliphatic carbocycles. The van der Waals surface area contributed by atoms with Crippen molar-refractivity contribution in [3.63, 3.8) is 0 Å². The molecule has 0 saturated carbocycles. The zero-order valence-electron chi connectivity index (χ0n) is 11.9. The summed E-state index contributed by atoms with van der Waals surface area (Å²) < 4.78 is 5.37. The number of imidazole rings is 1. The lowest BCUT2D eigenvalue weighted by molar-refractivity contribution is 0.0343. The van der Waals surface area contributed by atoms with Crippen LogP contribution in [0.25, 0.3) is 11.0 Å². The zero-order chi connectivity index (χ0) is 13.8. The molecule has 1 aliphatic rings. The average molecular weight is 274 g/mol. The van der Waals surface area contributed by atoms with Gasteiger partial charge in [-0.2, -0.15) is 0 Å². The van der Waals surface area contributed by atoms with E-state index in [1.165, 1.54) is 5.56 Å². The van der Waals surface area contributed by atoms with Gasteiger partial charge in [-0.1, -0.05) is 6.07 Å². The number of ether oxygens (including phenoxy) is 1. The van der Waals surface area contributed by atoms with E-state index in [1.807, 2.05) is 0 Å².